The lowest BCUT2D eigenvalue weighted by atomic mass is 10.1. The van der Waals surface area contributed by atoms with Crippen LogP contribution in [0.2, 0.25) is 0 Å². The Labute approximate surface area is 203 Å². The Bertz CT molecular complexity index is 1660. The number of nitro benzene ring substituents is 1. The Morgan fingerprint density at radius 2 is 1.75 bits per heavy atom. The van der Waals surface area contributed by atoms with Crippen LogP contribution >= 0.6 is 0 Å². The maximum atomic E-state index is 13.5. The summed E-state index contributed by atoms with van der Waals surface area (Å²) in [6.45, 7) is 0. The van der Waals surface area contributed by atoms with Crippen molar-refractivity contribution in [2.75, 3.05) is 12.5 Å². The van der Waals surface area contributed by atoms with Crippen LogP contribution in [0, 0.1) is 10.1 Å². The predicted molar refractivity (Wildman–Crippen MR) is 132 cm³/mol. The van der Waals surface area contributed by atoms with Crippen LogP contribution in [0.4, 0.5) is 5.69 Å². The van der Waals surface area contributed by atoms with Crippen molar-refractivity contribution >= 4 is 22.6 Å². The van der Waals surface area contributed by atoms with Crippen LogP contribution in [0.25, 0.3) is 33.7 Å². The first-order chi connectivity index (χ1) is 17.5. The van der Waals surface area contributed by atoms with Crippen LogP contribution in [0.15, 0.2) is 83.7 Å². The summed E-state index contributed by atoms with van der Waals surface area (Å²) >= 11 is 0. The van der Waals surface area contributed by atoms with Crippen LogP contribution < -0.4 is 15.7 Å². The molecule has 1 amide bonds. The standard InChI is InChI=1S/C25H18N6O5/c1-36-19-12-10-16(11-13-19)24(32)29-30-23(17-8-5-9-18(14-17)31(34)35)26-21-20(15-6-3-2-4-7-15)27-28-22(21)25(30)33/h2-14H,1H3,(H,27,28)(H,29,32). The van der Waals surface area contributed by atoms with E-state index in [1.165, 1.54) is 25.3 Å². The molecule has 0 spiro atoms. The number of nitro groups is 1. The Morgan fingerprint density at radius 3 is 2.44 bits per heavy atom. The summed E-state index contributed by atoms with van der Waals surface area (Å²) in [5.41, 5.74) is 3.77. The third-order valence-electron chi connectivity index (χ3n) is 5.52. The summed E-state index contributed by atoms with van der Waals surface area (Å²) in [6, 6.07) is 21.1. The number of aromatic nitrogens is 4. The monoisotopic (exact) mass is 482 g/mol. The topological polar surface area (TPSA) is 145 Å². The predicted octanol–water partition coefficient (Wildman–Crippen LogP) is 3.75. The van der Waals surface area contributed by atoms with Crippen LogP contribution in [0.3, 0.4) is 0 Å². The number of carbonyl (C=O) groups is 1. The van der Waals surface area contributed by atoms with Gasteiger partial charge in [0.2, 0.25) is 0 Å². The van der Waals surface area contributed by atoms with Crippen LogP contribution in [-0.4, -0.2) is 37.8 Å². The van der Waals surface area contributed by atoms with Gasteiger partial charge >= 0.3 is 0 Å². The fraction of sp³-hybridized carbons (Fsp3) is 0.0400. The van der Waals surface area contributed by atoms with Crippen LogP contribution in [-0.2, 0) is 0 Å². The molecule has 0 bridgehead atoms. The normalized spacial score (nSPS) is 10.8. The minimum Gasteiger partial charge on any atom is -0.497 e. The lowest BCUT2D eigenvalue weighted by molar-refractivity contribution is -0.384. The fourth-order valence-corrected chi connectivity index (χ4v) is 3.72. The fourth-order valence-electron chi connectivity index (χ4n) is 3.72. The molecule has 3 aromatic carbocycles. The molecular formula is C25H18N6O5. The molecular weight excluding hydrogens is 464 g/mol. The van der Waals surface area contributed by atoms with Gasteiger partial charge in [0.05, 0.1) is 12.0 Å². The molecule has 0 atom stereocenters. The molecule has 36 heavy (non-hydrogen) atoms. The Kier molecular flexibility index (Phi) is 5.71. The highest BCUT2D eigenvalue weighted by molar-refractivity contribution is 6.00. The molecule has 0 unspecified atom stereocenters. The summed E-state index contributed by atoms with van der Waals surface area (Å²) in [7, 11) is 1.51. The van der Waals surface area contributed by atoms with Crippen molar-refractivity contribution in [3.05, 3.63) is 105 Å². The molecule has 0 saturated heterocycles. The molecule has 5 rings (SSSR count). The van der Waals surface area contributed by atoms with Gasteiger partial charge in [0, 0.05) is 28.8 Å². The molecule has 0 aliphatic rings. The Hall–Kier alpha value is -5.32. The number of nitrogens with one attached hydrogen (secondary N) is 2. The number of ether oxygens (including phenoxy) is 1. The second kappa shape index (κ2) is 9.14. The lowest BCUT2D eigenvalue weighted by Gasteiger charge is -2.14. The smallest absolute Gasteiger partial charge is 0.298 e. The van der Waals surface area contributed by atoms with Crippen LogP contribution in [0.5, 0.6) is 5.75 Å². The van der Waals surface area contributed by atoms with Crippen LogP contribution in [0.1, 0.15) is 10.4 Å². The summed E-state index contributed by atoms with van der Waals surface area (Å²) < 4.78 is 6.08. The number of methoxy groups -OCH3 is 1. The van der Waals surface area contributed by atoms with E-state index in [0.717, 1.165) is 10.2 Å². The molecule has 178 valence electrons. The largest absolute Gasteiger partial charge is 0.497 e. The number of rotatable bonds is 6. The number of H-pyrrole nitrogens is 1. The molecule has 0 radical (unpaired) electrons. The van der Waals surface area contributed by atoms with Gasteiger partial charge in [-0.1, -0.05) is 42.5 Å². The van der Waals surface area contributed by atoms with E-state index in [1.54, 1.807) is 30.3 Å². The van der Waals surface area contributed by atoms with Crippen molar-refractivity contribution in [2.24, 2.45) is 0 Å². The number of non-ortho nitro benzene ring substituents is 1. The van der Waals surface area contributed by atoms with E-state index in [-0.39, 0.29) is 33.7 Å². The number of amides is 1. The first-order valence-electron chi connectivity index (χ1n) is 10.7. The van der Waals surface area contributed by atoms with E-state index in [4.69, 9.17) is 4.74 Å². The van der Waals surface area contributed by atoms with E-state index in [0.29, 0.717) is 11.4 Å². The molecule has 2 aromatic heterocycles. The maximum Gasteiger partial charge on any atom is 0.298 e. The highest BCUT2D eigenvalue weighted by atomic mass is 16.6. The number of nitrogens with zero attached hydrogens (tertiary/aromatic N) is 4. The maximum absolute atomic E-state index is 13.5. The zero-order valence-electron chi connectivity index (χ0n) is 18.8. The first-order valence-corrected chi connectivity index (χ1v) is 10.7. The third-order valence-corrected chi connectivity index (χ3v) is 5.52. The number of carbonyl (C=O) groups excluding carboxylic acids is 1. The van der Waals surface area contributed by atoms with E-state index >= 15 is 0 Å². The summed E-state index contributed by atoms with van der Waals surface area (Å²) in [5.74, 6) is -0.0120. The number of hydrogen-bond donors (Lipinski definition) is 2. The van der Waals surface area contributed by atoms with Gasteiger partial charge in [0.15, 0.2) is 11.3 Å². The Balaban J connectivity index is 1.70. The van der Waals surface area contributed by atoms with Gasteiger partial charge in [0.25, 0.3) is 17.2 Å². The van der Waals surface area contributed by atoms with E-state index in [1.807, 2.05) is 30.3 Å². The van der Waals surface area contributed by atoms with Crippen molar-refractivity contribution in [2.45, 2.75) is 0 Å². The first kappa shape index (κ1) is 22.5. The average molecular weight is 482 g/mol. The molecule has 0 aliphatic carbocycles. The zero-order chi connectivity index (χ0) is 25.2. The summed E-state index contributed by atoms with van der Waals surface area (Å²) in [5, 5.41) is 18.4. The van der Waals surface area contributed by atoms with E-state index in [2.05, 4.69) is 20.6 Å². The quantitative estimate of drug-likeness (QED) is 0.277. The molecule has 2 N–H and O–H groups in total. The molecule has 11 nitrogen and oxygen atoms in total. The van der Waals surface area contributed by atoms with Crippen molar-refractivity contribution < 1.29 is 14.5 Å². The molecule has 0 aliphatic heterocycles. The van der Waals surface area contributed by atoms with Gasteiger partial charge in [-0.05, 0) is 24.3 Å². The number of hydrogen-bond acceptors (Lipinski definition) is 7. The molecule has 5 aromatic rings. The molecule has 11 heteroatoms. The van der Waals surface area contributed by atoms with Gasteiger partial charge < -0.3 is 4.74 Å². The van der Waals surface area contributed by atoms with Gasteiger partial charge in [-0.2, -0.15) is 9.77 Å². The van der Waals surface area contributed by atoms with E-state index < -0.39 is 16.4 Å². The highest BCUT2D eigenvalue weighted by Crippen LogP contribution is 2.27. The zero-order valence-corrected chi connectivity index (χ0v) is 18.8. The summed E-state index contributed by atoms with van der Waals surface area (Å²) in [4.78, 5) is 42.0. The van der Waals surface area contributed by atoms with Crippen molar-refractivity contribution in [3.63, 3.8) is 0 Å². The lowest BCUT2D eigenvalue weighted by Crippen LogP contribution is -2.35. The molecule has 2 heterocycles. The summed E-state index contributed by atoms with van der Waals surface area (Å²) in [6.07, 6.45) is 0. The third kappa shape index (κ3) is 4.05. The Morgan fingerprint density at radius 1 is 1.03 bits per heavy atom. The molecule has 0 fully saturated rings. The SMILES string of the molecule is COc1ccc(C(=O)Nn2c(-c3cccc([N+](=O)[O-])c3)nc3c(-c4ccccc4)n[nH]c3c2=O)cc1. The number of benzene rings is 3. The number of aromatic amines is 1. The van der Waals surface area contributed by atoms with Gasteiger partial charge in [0.1, 0.15) is 17.0 Å². The van der Waals surface area contributed by atoms with Crippen molar-refractivity contribution in [1.82, 2.24) is 19.9 Å². The van der Waals surface area contributed by atoms with Gasteiger partial charge in [-0.3, -0.25) is 30.2 Å². The molecule has 0 saturated carbocycles. The van der Waals surface area contributed by atoms with Gasteiger partial charge in [-0.15, -0.1) is 0 Å². The van der Waals surface area contributed by atoms with Crippen molar-refractivity contribution in [3.8, 4) is 28.4 Å². The van der Waals surface area contributed by atoms with Crippen molar-refractivity contribution in [1.29, 1.82) is 0 Å². The minimum absolute atomic E-state index is 0.0108. The second-order valence-corrected chi connectivity index (χ2v) is 7.71. The second-order valence-electron chi connectivity index (χ2n) is 7.71. The average Bonchev–Trinajstić information content (AvgIpc) is 3.35. The number of fused-ring (bicyclic) bond motifs is 1. The highest BCUT2D eigenvalue weighted by Gasteiger charge is 2.21. The van der Waals surface area contributed by atoms with E-state index in [9.17, 15) is 19.7 Å². The van der Waals surface area contributed by atoms with Gasteiger partial charge in [-0.25, -0.2) is 4.98 Å². The minimum atomic E-state index is -0.627.